The van der Waals surface area contributed by atoms with Crippen molar-refractivity contribution in [2.24, 2.45) is 5.92 Å². The molecule has 0 fully saturated rings. The Labute approximate surface area is 114 Å². The van der Waals surface area contributed by atoms with Gasteiger partial charge in [-0.05, 0) is 24.5 Å². The molecule has 1 aromatic heterocycles. The number of rotatable bonds is 9. The van der Waals surface area contributed by atoms with Crippen molar-refractivity contribution in [2.75, 3.05) is 0 Å². The highest BCUT2D eigenvalue weighted by Crippen LogP contribution is 2.18. The fourth-order valence-electron chi connectivity index (χ4n) is 2.14. The lowest BCUT2D eigenvalue weighted by Gasteiger charge is -2.19. The van der Waals surface area contributed by atoms with Crippen molar-refractivity contribution in [3.8, 4) is 0 Å². The molecule has 0 aromatic carbocycles. The van der Waals surface area contributed by atoms with E-state index in [9.17, 15) is 9.59 Å². The average molecular weight is 265 g/mol. The number of amides is 1. The van der Waals surface area contributed by atoms with Crippen LogP contribution in [0, 0.1) is 5.92 Å². The van der Waals surface area contributed by atoms with E-state index in [-0.39, 0.29) is 11.7 Å². The smallest absolute Gasteiger partial charge is 0.287 e. The first-order valence-corrected chi connectivity index (χ1v) is 7.00. The third kappa shape index (κ3) is 5.28. The van der Waals surface area contributed by atoms with Gasteiger partial charge in [-0.3, -0.25) is 4.79 Å². The number of carbonyl (C=O) groups excluding carboxylic acids is 2. The molecular weight excluding hydrogens is 242 g/mol. The average Bonchev–Trinajstić information content (AvgIpc) is 2.96. The van der Waals surface area contributed by atoms with Gasteiger partial charge in [0.1, 0.15) is 6.29 Å². The first-order valence-electron chi connectivity index (χ1n) is 7.00. The Balaban J connectivity index is 2.48. The van der Waals surface area contributed by atoms with Crippen molar-refractivity contribution in [3.63, 3.8) is 0 Å². The molecule has 1 amide bonds. The molecule has 0 saturated heterocycles. The van der Waals surface area contributed by atoms with Gasteiger partial charge in [-0.2, -0.15) is 0 Å². The van der Waals surface area contributed by atoms with Crippen molar-refractivity contribution < 1.29 is 14.0 Å². The predicted molar refractivity (Wildman–Crippen MR) is 73.9 cm³/mol. The number of hydrogen-bond acceptors (Lipinski definition) is 3. The Morgan fingerprint density at radius 3 is 2.79 bits per heavy atom. The predicted octanol–water partition coefficient (Wildman–Crippen LogP) is 3.18. The Bertz CT molecular complexity index is 373. The molecule has 0 bridgehead atoms. The Morgan fingerprint density at radius 1 is 1.47 bits per heavy atom. The summed E-state index contributed by atoms with van der Waals surface area (Å²) in [6, 6.07) is 2.81. The largest absolute Gasteiger partial charge is 0.459 e. The Hall–Kier alpha value is -1.58. The number of carbonyl (C=O) groups is 2. The van der Waals surface area contributed by atoms with Crippen LogP contribution in [0.2, 0.25) is 0 Å². The Morgan fingerprint density at radius 2 is 2.26 bits per heavy atom. The van der Waals surface area contributed by atoms with Crippen LogP contribution in [0.4, 0.5) is 0 Å². The highest BCUT2D eigenvalue weighted by molar-refractivity contribution is 5.93. The second-order valence-corrected chi connectivity index (χ2v) is 4.85. The topological polar surface area (TPSA) is 59.3 Å². The van der Waals surface area contributed by atoms with Crippen molar-refractivity contribution in [3.05, 3.63) is 24.2 Å². The van der Waals surface area contributed by atoms with Crippen LogP contribution in [0.5, 0.6) is 0 Å². The fourth-order valence-corrected chi connectivity index (χ4v) is 2.14. The molecule has 0 aliphatic heterocycles. The van der Waals surface area contributed by atoms with Crippen LogP contribution in [0.1, 0.15) is 56.5 Å². The minimum atomic E-state index is -0.431. The van der Waals surface area contributed by atoms with E-state index in [2.05, 4.69) is 19.2 Å². The quantitative estimate of drug-likeness (QED) is 0.698. The third-order valence-electron chi connectivity index (χ3n) is 3.36. The molecular formula is C15H23NO3. The van der Waals surface area contributed by atoms with Crippen LogP contribution in [-0.2, 0) is 4.79 Å². The van der Waals surface area contributed by atoms with Crippen LogP contribution in [0.3, 0.4) is 0 Å². The lowest BCUT2D eigenvalue weighted by Crippen LogP contribution is -2.37. The van der Waals surface area contributed by atoms with E-state index < -0.39 is 6.04 Å². The minimum Gasteiger partial charge on any atom is -0.459 e. The first kappa shape index (κ1) is 15.5. The molecule has 2 atom stereocenters. The fraction of sp³-hybridized carbons (Fsp3) is 0.600. The molecule has 0 radical (unpaired) electrons. The van der Waals surface area contributed by atoms with E-state index in [4.69, 9.17) is 4.42 Å². The number of furan rings is 1. The summed E-state index contributed by atoms with van der Waals surface area (Å²) in [6.45, 7) is 4.28. The van der Waals surface area contributed by atoms with E-state index in [0.29, 0.717) is 12.3 Å². The summed E-state index contributed by atoms with van der Waals surface area (Å²) in [5.41, 5.74) is 0. The minimum absolute atomic E-state index is 0.244. The van der Waals surface area contributed by atoms with Gasteiger partial charge in [0.2, 0.25) is 0 Å². The highest BCUT2D eigenvalue weighted by Gasteiger charge is 2.18. The summed E-state index contributed by atoms with van der Waals surface area (Å²) < 4.78 is 5.01. The lowest BCUT2D eigenvalue weighted by atomic mass is 9.92. The summed E-state index contributed by atoms with van der Waals surface area (Å²) in [4.78, 5) is 22.9. The molecule has 4 heteroatoms. The van der Waals surface area contributed by atoms with Crippen LogP contribution in [0.15, 0.2) is 22.8 Å². The lowest BCUT2D eigenvalue weighted by molar-refractivity contribution is -0.109. The van der Waals surface area contributed by atoms with Gasteiger partial charge in [-0.1, -0.05) is 39.5 Å². The SMILES string of the molecule is CCCCC(CC)CC(C=O)NC(=O)c1ccco1. The van der Waals surface area contributed by atoms with Gasteiger partial charge in [-0.25, -0.2) is 0 Å². The standard InChI is InChI=1S/C15H23NO3/c1-3-5-7-12(4-2)10-13(11-17)16-15(18)14-8-6-9-19-14/h6,8-9,11-13H,3-5,7,10H2,1-2H3,(H,16,18). The van der Waals surface area contributed by atoms with Gasteiger partial charge in [0.15, 0.2) is 5.76 Å². The molecule has 0 spiro atoms. The monoisotopic (exact) mass is 265 g/mol. The van der Waals surface area contributed by atoms with Gasteiger partial charge in [-0.15, -0.1) is 0 Å². The molecule has 1 aromatic rings. The Kier molecular flexibility index (Phi) is 6.93. The number of nitrogens with one attached hydrogen (secondary N) is 1. The van der Waals surface area contributed by atoms with Crippen LogP contribution < -0.4 is 5.32 Å². The molecule has 106 valence electrons. The zero-order valence-corrected chi connectivity index (χ0v) is 11.7. The molecule has 2 unspecified atom stereocenters. The molecule has 1 rings (SSSR count). The van der Waals surface area contributed by atoms with E-state index in [0.717, 1.165) is 32.0 Å². The van der Waals surface area contributed by atoms with Crippen molar-refractivity contribution in [2.45, 2.75) is 52.0 Å². The summed E-state index contributed by atoms with van der Waals surface area (Å²) in [5.74, 6) is 0.396. The van der Waals surface area contributed by atoms with E-state index in [1.807, 2.05) is 0 Å². The van der Waals surface area contributed by atoms with Gasteiger partial charge >= 0.3 is 0 Å². The molecule has 0 saturated carbocycles. The summed E-state index contributed by atoms with van der Waals surface area (Å²) in [5, 5.41) is 2.71. The molecule has 0 aliphatic carbocycles. The maximum Gasteiger partial charge on any atom is 0.287 e. The van der Waals surface area contributed by atoms with Gasteiger partial charge in [0.05, 0.1) is 12.3 Å². The summed E-state index contributed by atoms with van der Waals surface area (Å²) in [7, 11) is 0. The first-order chi connectivity index (χ1) is 9.21. The molecule has 1 N–H and O–H groups in total. The zero-order chi connectivity index (χ0) is 14.1. The number of aldehydes is 1. The van der Waals surface area contributed by atoms with E-state index in [1.54, 1.807) is 12.1 Å². The van der Waals surface area contributed by atoms with Crippen molar-refractivity contribution in [1.82, 2.24) is 5.32 Å². The molecule has 4 nitrogen and oxygen atoms in total. The zero-order valence-electron chi connectivity index (χ0n) is 11.7. The number of hydrogen-bond donors (Lipinski definition) is 1. The summed E-state index contributed by atoms with van der Waals surface area (Å²) in [6.07, 6.45) is 7.41. The maximum atomic E-state index is 11.8. The van der Waals surface area contributed by atoms with Crippen LogP contribution in [-0.4, -0.2) is 18.2 Å². The van der Waals surface area contributed by atoms with Crippen molar-refractivity contribution in [1.29, 1.82) is 0 Å². The third-order valence-corrected chi connectivity index (χ3v) is 3.36. The van der Waals surface area contributed by atoms with E-state index in [1.165, 1.54) is 6.26 Å². The van der Waals surface area contributed by atoms with Crippen LogP contribution in [0.25, 0.3) is 0 Å². The maximum absolute atomic E-state index is 11.8. The molecule has 19 heavy (non-hydrogen) atoms. The summed E-state index contributed by atoms with van der Waals surface area (Å²) >= 11 is 0. The number of unbranched alkanes of at least 4 members (excludes halogenated alkanes) is 1. The molecule has 1 heterocycles. The van der Waals surface area contributed by atoms with Gasteiger partial charge in [0.25, 0.3) is 5.91 Å². The molecule has 0 aliphatic rings. The second-order valence-electron chi connectivity index (χ2n) is 4.85. The van der Waals surface area contributed by atoms with Gasteiger partial charge in [0, 0.05) is 0 Å². The normalized spacial score (nSPS) is 13.8. The van der Waals surface area contributed by atoms with Crippen molar-refractivity contribution >= 4 is 12.2 Å². The van der Waals surface area contributed by atoms with E-state index >= 15 is 0 Å². The highest BCUT2D eigenvalue weighted by atomic mass is 16.3. The van der Waals surface area contributed by atoms with Crippen LogP contribution >= 0.6 is 0 Å². The van der Waals surface area contributed by atoms with Gasteiger partial charge < -0.3 is 14.5 Å². The second kappa shape index (κ2) is 8.51.